The average molecular weight is 221 g/mol. The first kappa shape index (κ1) is 10.2. The Balaban J connectivity index is 2.38. The third-order valence-corrected chi connectivity index (χ3v) is 3.32. The number of aryl methyl sites for hydroxylation is 1. The topological polar surface area (TPSA) is 49.7 Å². The maximum absolute atomic E-state index is 10.6. The van der Waals surface area contributed by atoms with Gasteiger partial charge in [0, 0.05) is 11.3 Å². The third kappa shape index (κ3) is 2.04. The third-order valence-electron chi connectivity index (χ3n) is 2.21. The van der Waals surface area contributed by atoms with E-state index in [9.17, 15) is 9.90 Å². The molecule has 0 amide bonds. The van der Waals surface area contributed by atoms with Gasteiger partial charge in [0.1, 0.15) is 23.1 Å². The van der Waals surface area contributed by atoms with Crippen LogP contribution in [0.3, 0.4) is 0 Å². The molecule has 4 heteroatoms. The second-order valence-corrected chi connectivity index (χ2v) is 4.48. The van der Waals surface area contributed by atoms with Gasteiger partial charge in [-0.05, 0) is 19.1 Å². The van der Waals surface area contributed by atoms with E-state index in [1.165, 1.54) is 11.8 Å². The second-order valence-electron chi connectivity index (χ2n) is 3.47. The molecule has 1 aliphatic heterocycles. The number of nitrogens with zero attached hydrogens (tertiary/aromatic N) is 1. The minimum Gasteiger partial charge on any atom is -0.507 e. The number of carbonyl (C=O) groups excluding carboxylic acids is 1. The first-order valence-electron chi connectivity index (χ1n) is 4.66. The fraction of sp³-hybridized carbons (Fsp3) is 0.273. The summed E-state index contributed by atoms with van der Waals surface area (Å²) in [6, 6.07) is 5.12. The van der Waals surface area contributed by atoms with Gasteiger partial charge in [-0.2, -0.15) is 0 Å². The Kier molecular flexibility index (Phi) is 2.77. The summed E-state index contributed by atoms with van der Waals surface area (Å²) < 4.78 is 0. The van der Waals surface area contributed by atoms with Crippen LogP contribution in [-0.4, -0.2) is 28.2 Å². The molecule has 1 N–H and O–H groups in total. The summed E-state index contributed by atoms with van der Waals surface area (Å²) in [6.07, 6.45) is 0.840. The number of benzene rings is 1. The lowest BCUT2D eigenvalue weighted by Gasteiger charge is -2.04. The van der Waals surface area contributed by atoms with Crippen LogP contribution in [0.2, 0.25) is 0 Å². The number of carbonyl (C=O) groups is 1. The number of phenols is 1. The van der Waals surface area contributed by atoms with Crippen LogP contribution in [0.4, 0.5) is 0 Å². The van der Waals surface area contributed by atoms with Crippen LogP contribution in [0.1, 0.15) is 11.1 Å². The van der Waals surface area contributed by atoms with E-state index in [1.54, 1.807) is 6.07 Å². The van der Waals surface area contributed by atoms with Crippen molar-refractivity contribution in [3.8, 4) is 5.75 Å². The van der Waals surface area contributed by atoms with Crippen molar-refractivity contribution in [3.63, 3.8) is 0 Å². The number of hydrogen-bond acceptors (Lipinski definition) is 4. The summed E-state index contributed by atoms with van der Waals surface area (Å²) in [7, 11) is 0. The molecule has 0 aromatic heterocycles. The molecule has 15 heavy (non-hydrogen) atoms. The molecule has 1 aliphatic rings. The largest absolute Gasteiger partial charge is 0.507 e. The SMILES string of the molecule is Cc1ccc(O)c(C2=NC(C=O)CS2)c1. The number of phenolic OH excluding ortho intramolecular Hbond substituents is 1. The highest BCUT2D eigenvalue weighted by atomic mass is 32.2. The van der Waals surface area contributed by atoms with E-state index in [-0.39, 0.29) is 11.8 Å². The summed E-state index contributed by atoms with van der Waals surface area (Å²) in [4.78, 5) is 14.8. The molecular formula is C11H11NO2S. The Morgan fingerprint density at radius 1 is 1.60 bits per heavy atom. The number of rotatable bonds is 2. The lowest BCUT2D eigenvalue weighted by atomic mass is 10.1. The Hall–Kier alpha value is -1.29. The molecule has 0 fully saturated rings. The molecule has 2 rings (SSSR count). The minimum absolute atomic E-state index is 0.221. The quantitative estimate of drug-likeness (QED) is 0.774. The fourth-order valence-corrected chi connectivity index (χ4v) is 2.44. The Labute approximate surface area is 92.2 Å². The minimum atomic E-state index is -0.259. The van der Waals surface area contributed by atoms with Crippen molar-refractivity contribution in [2.75, 3.05) is 5.75 Å². The van der Waals surface area contributed by atoms with Gasteiger partial charge in [0.15, 0.2) is 0 Å². The van der Waals surface area contributed by atoms with E-state index < -0.39 is 0 Å². The monoisotopic (exact) mass is 221 g/mol. The predicted molar refractivity (Wildman–Crippen MR) is 61.7 cm³/mol. The molecule has 1 atom stereocenters. The molecule has 1 heterocycles. The normalized spacial score (nSPS) is 20.1. The highest BCUT2D eigenvalue weighted by Crippen LogP contribution is 2.28. The van der Waals surface area contributed by atoms with E-state index in [4.69, 9.17) is 0 Å². The van der Waals surface area contributed by atoms with Crippen LogP contribution in [0.5, 0.6) is 5.75 Å². The Morgan fingerprint density at radius 3 is 3.07 bits per heavy atom. The van der Waals surface area contributed by atoms with E-state index in [1.807, 2.05) is 19.1 Å². The number of aldehydes is 1. The van der Waals surface area contributed by atoms with Crippen molar-refractivity contribution in [1.29, 1.82) is 0 Å². The zero-order valence-electron chi connectivity index (χ0n) is 8.30. The van der Waals surface area contributed by atoms with Crippen molar-refractivity contribution >= 4 is 23.1 Å². The van der Waals surface area contributed by atoms with E-state index in [2.05, 4.69) is 4.99 Å². The molecule has 1 aromatic carbocycles. The first-order valence-corrected chi connectivity index (χ1v) is 5.65. The van der Waals surface area contributed by atoms with Gasteiger partial charge < -0.3 is 9.90 Å². The summed E-state index contributed by atoms with van der Waals surface area (Å²) in [5, 5.41) is 10.4. The Bertz CT molecular complexity index is 429. The van der Waals surface area contributed by atoms with Crippen LogP contribution in [0.25, 0.3) is 0 Å². The molecule has 0 radical (unpaired) electrons. The van der Waals surface area contributed by atoms with Crippen LogP contribution in [0, 0.1) is 6.92 Å². The standard InChI is InChI=1S/C11H11NO2S/c1-7-2-3-10(14)9(4-7)11-12-8(5-13)6-15-11/h2-5,8,14H,6H2,1H3. The zero-order valence-corrected chi connectivity index (χ0v) is 9.12. The highest BCUT2D eigenvalue weighted by Gasteiger charge is 2.20. The summed E-state index contributed by atoms with van der Waals surface area (Å²) in [5.74, 6) is 0.894. The van der Waals surface area contributed by atoms with E-state index in [0.29, 0.717) is 5.75 Å². The van der Waals surface area contributed by atoms with Crippen molar-refractivity contribution < 1.29 is 9.90 Å². The zero-order chi connectivity index (χ0) is 10.8. The molecule has 0 bridgehead atoms. The molecule has 3 nitrogen and oxygen atoms in total. The van der Waals surface area contributed by atoms with E-state index in [0.717, 1.165) is 22.5 Å². The number of aromatic hydroxyl groups is 1. The second kappa shape index (κ2) is 4.06. The van der Waals surface area contributed by atoms with Crippen molar-refractivity contribution in [3.05, 3.63) is 29.3 Å². The molecule has 0 saturated heterocycles. The number of hydrogen-bond donors (Lipinski definition) is 1. The van der Waals surface area contributed by atoms with Crippen LogP contribution >= 0.6 is 11.8 Å². The van der Waals surface area contributed by atoms with Gasteiger partial charge in [-0.15, -0.1) is 11.8 Å². The first-order chi connectivity index (χ1) is 7.20. The van der Waals surface area contributed by atoms with Gasteiger partial charge in [-0.1, -0.05) is 11.6 Å². The maximum Gasteiger partial charge on any atom is 0.145 e. The maximum atomic E-state index is 10.6. The predicted octanol–water partition coefficient (Wildman–Crippen LogP) is 1.76. The molecule has 1 unspecified atom stereocenters. The highest BCUT2D eigenvalue weighted by molar-refractivity contribution is 8.14. The fourth-order valence-electron chi connectivity index (χ4n) is 1.43. The lowest BCUT2D eigenvalue weighted by molar-refractivity contribution is -0.108. The molecule has 0 aliphatic carbocycles. The smallest absolute Gasteiger partial charge is 0.145 e. The van der Waals surface area contributed by atoms with Gasteiger partial charge in [-0.3, -0.25) is 4.99 Å². The van der Waals surface area contributed by atoms with Gasteiger partial charge in [0.25, 0.3) is 0 Å². The summed E-state index contributed by atoms with van der Waals surface area (Å²) >= 11 is 1.51. The van der Waals surface area contributed by atoms with Gasteiger partial charge >= 0.3 is 0 Å². The van der Waals surface area contributed by atoms with Gasteiger partial charge in [-0.25, -0.2) is 0 Å². The van der Waals surface area contributed by atoms with Crippen LogP contribution < -0.4 is 0 Å². The molecule has 1 aromatic rings. The molecule has 0 saturated carbocycles. The average Bonchev–Trinajstić information content (AvgIpc) is 2.70. The van der Waals surface area contributed by atoms with Crippen LogP contribution in [0.15, 0.2) is 23.2 Å². The van der Waals surface area contributed by atoms with Crippen molar-refractivity contribution in [2.24, 2.45) is 4.99 Å². The number of aliphatic imine (C=N–C) groups is 1. The number of thioether (sulfide) groups is 1. The van der Waals surface area contributed by atoms with E-state index >= 15 is 0 Å². The molecule has 78 valence electrons. The lowest BCUT2D eigenvalue weighted by Crippen LogP contribution is -2.03. The van der Waals surface area contributed by atoms with Crippen molar-refractivity contribution in [2.45, 2.75) is 13.0 Å². The van der Waals surface area contributed by atoms with Gasteiger partial charge in [0.2, 0.25) is 0 Å². The van der Waals surface area contributed by atoms with Gasteiger partial charge in [0.05, 0.1) is 0 Å². The Morgan fingerprint density at radius 2 is 2.40 bits per heavy atom. The summed E-state index contributed by atoms with van der Waals surface area (Å²) in [5.41, 5.74) is 1.80. The van der Waals surface area contributed by atoms with Crippen molar-refractivity contribution in [1.82, 2.24) is 0 Å². The molecular weight excluding hydrogens is 210 g/mol. The molecule has 0 spiro atoms. The summed E-state index contributed by atoms with van der Waals surface area (Å²) in [6.45, 7) is 1.96. The van der Waals surface area contributed by atoms with Crippen LogP contribution in [-0.2, 0) is 4.79 Å².